The van der Waals surface area contributed by atoms with Gasteiger partial charge in [-0.2, -0.15) is 4.31 Å². The predicted molar refractivity (Wildman–Crippen MR) is 144 cm³/mol. The molecule has 37 heavy (non-hydrogen) atoms. The van der Waals surface area contributed by atoms with Crippen LogP contribution in [0, 0.1) is 0 Å². The topological polar surface area (TPSA) is 79.4 Å². The number of methoxy groups -OCH3 is 2. The largest absolute Gasteiger partial charge is 0.493 e. The van der Waals surface area contributed by atoms with Gasteiger partial charge in [0, 0.05) is 44.5 Å². The Morgan fingerprint density at radius 2 is 1.46 bits per heavy atom. The lowest BCUT2D eigenvalue weighted by atomic mass is 10.1. The summed E-state index contributed by atoms with van der Waals surface area (Å²) in [6.07, 6.45) is 0.489. The van der Waals surface area contributed by atoms with Crippen molar-refractivity contribution in [3.05, 3.63) is 84.4 Å². The van der Waals surface area contributed by atoms with E-state index in [1.54, 1.807) is 11.0 Å². The highest BCUT2D eigenvalue weighted by molar-refractivity contribution is 7.89. The van der Waals surface area contributed by atoms with Gasteiger partial charge in [0.2, 0.25) is 15.9 Å². The minimum atomic E-state index is -3.98. The highest BCUT2D eigenvalue weighted by atomic mass is 32.2. The number of carbonyl (C=O) groups excluding carboxylic acids is 1. The van der Waals surface area contributed by atoms with E-state index in [1.807, 2.05) is 48.5 Å². The number of nitrogens with zero attached hydrogens (tertiary/aromatic N) is 3. The molecule has 1 saturated heterocycles. The van der Waals surface area contributed by atoms with Gasteiger partial charge in [0.15, 0.2) is 11.5 Å². The van der Waals surface area contributed by atoms with Crippen LogP contribution in [0.2, 0.25) is 0 Å². The van der Waals surface area contributed by atoms with Crippen LogP contribution in [0.15, 0.2) is 83.8 Å². The lowest BCUT2D eigenvalue weighted by molar-refractivity contribution is -0.131. The number of ether oxygens (including phenoxy) is 2. The minimum Gasteiger partial charge on any atom is -0.493 e. The standard InChI is InChI=1S/C28H33N3O5S/c1-35-26-14-13-25(21-27(26)36-2)37(33,34)31(16-15-23-9-5-3-6-10-23)22-28(32)30-19-17-29(18-20-30)24-11-7-4-8-12-24/h3-14,21H,15-20,22H2,1-2H3. The Morgan fingerprint density at radius 1 is 0.838 bits per heavy atom. The minimum absolute atomic E-state index is 0.0555. The molecule has 0 unspecified atom stereocenters. The average molecular weight is 524 g/mol. The van der Waals surface area contributed by atoms with Crippen molar-refractivity contribution < 1.29 is 22.7 Å². The number of hydrogen-bond donors (Lipinski definition) is 0. The molecule has 1 heterocycles. The van der Waals surface area contributed by atoms with Crippen molar-refractivity contribution >= 4 is 21.6 Å². The number of sulfonamides is 1. The molecular formula is C28H33N3O5S. The van der Waals surface area contributed by atoms with Gasteiger partial charge in [-0.3, -0.25) is 4.79 Å². The van der Waals surface area contributed by atoms with Crippen LogP contribution >= 0.6 is 0 Å². The van der Waals surface area contributed by atoms with Gasteiger partial charge < -0.3 is 19.3 Å². The van der Waals surface area contributed by atoms with Crippen molar-refractivity contribution in [2.75, 3.05) is 58.4 Å². The molecule has 0 aliphatic carbocycles. The normalized spacial score (nSPS) is 14.0. The Balaban J connectivity index is 1.51. The molecule has 0 bridgehead atoms. The van der Waals surface area contributed by atoms with Crippen LogP contribution in [0.25, 0.3) is 0 Å². The number of anilines is 1. The third kappa shape index (κ3) is 6.42. The quantitative estimate of drug-likeness (QED) is 0.406. The molecule has 3 aromatic rings. The molecule has 3 aromatic carbocycles. The fraction of sp³-hybridized carbons (Fsp3) is 0.321. The fourth-order valence-corrected chi connectivity index (χ4v) is 5.82. The van der Waals surface area contributed by atoms with Gasteiger partial charge in [0.25, 0.3) is 0 Å². The molecule has 9 heteroatoms. The average Bonchev–Trinajstić information content (AvgIpc) is 2.95. The van der Waals surface area contributed by atoms with E-state index in [2.05, 4.69) is 17.0 Å². The molecule has 1 aliphatic heterocycles. The van der Waals surface area contributed by atoms with E-state index < -0.39 is 10.0 Å². The highest BCUT2D eigenvalue weighted by Crippen LogP contribution is 2.31. The second-order valence-electron chi connectivity index (χ2n) is 8.79. The first-order chi connectivity index (χ1) is 17.9. The van der Waals surface area contributed by atoms with E-state index in [1.165, 1.54) is 30.7 Å². The van der Waals surface area contributed by atoms with Gasteiger partial charge in [-0.05, 0) is 36.2 Å². The molecule has 0 atom stereocenters. The Bertz CT molecular complexity index is 1280. The van der Waals surface area contributed by atoms with Crippen molar-refractivity contribution in [2.24, 2.45) is 0 Å². The van der Waals surface area contributed by atoms with Crippen molar-refractivity contribution in [3.63, 3.8) is 0 Å². The zero-order valence-electron chi connectivity index (χ0n) is 21.2. The third-order valence-electron chi connectivity index (χ3n) is 6.55. The number of para-hydroxylation sites is 1. The summed E-state index contributed by atoms with van der Waals surface area (Å²) in [6.45, 7) is 2.42. The third-order valence-corrected chi connectivity index (χ3v) is 8.39. The monoisotopic (exact) mass is 523 g/mol. The molecule has 0 aromatic heterocycles. The maximum atomic E-state index is 13.7. The second kappa shape index (κ2) is 12.1. The summed E-state index contributed by atoms with van der Waals surface area (Å²) in [6, 6.07) is 24.2. The van der Waals surface area contributed by atoms with E-state index in [9.17, 15) is 13.2 Å². The number of benzene rings is 3. The first kappa shape index (κ1) is 26.5. The maximum Gasteiger partial charge on any atom is 0.243 e. The molecule has 196 valence electrons. The Labute approximate surface area is 219 Å². The highest BCUT2D eigenvalue weighted by Gasteiger charge is 2.30. The lowest BCUT2D eigenvalue weighted by Gasteiger charge is -2.37. The first-order valence-corrected chi connectivity index (χ1v) is 13.7. The summed E-state index contributed by atoms with van der Waals surface area (Å²) in [5.41, 5.74) is 2.12. The van der Waals surface area contributed by atoms with Crippen LogP contribution in [-0.4, -0.2) is 77.0 Å². The van der Waals surface area contributed by atoms with E-state index in [0.29, 0.717) is 44.1 Å². The van der Waals surface area contributed by atoms with Crippen LogP contribution in [-0.2, 0) is 21.2 Å². The van der Waals surface area contributed by atoms with Crippen molar-refractivity contribution in [1.82, 2.24) is 9.21 Å². The molecule has 0 N–H and O–H groups in total. The summed E-state index contributed by atoms with van der Waals surface area (Å²) >= 11 is 0. The Kier molecular flexibility index (Phi) is 8.68. The fourth-order valence-electron chi connectivity index (χ4n) is 4.41. The molecule has 8 nitrogen and oxygen atoms in total. The van der Waals surface area contributed by atoms with Crippen LogP contribution in [0.1, 0.15) is 5.56 Å². The predicted octanol–water partition coefficient (Wildman–Crippen LogP) is 3.29. The summed E-state index contributed by atoms with van der Waals surface area (Å²) < 4.78 is 39.3. The van der Waals surface area contributed by atoms with Crippen LogP contribution in [0.5, 0.6) is 11.5 Å². The molecule has 0 radical (unpaired) electrons. The van der Waals surface area contributed by atoms with Gasteiger partial charge >= 0.3 is 0 Å². The zero-order chi connectivity index (χ0) is 26.3. The molecule has 1 aliphatic rings. The summed E-state index contributed by atoms with van der Waals surface area (Å²) in [4.78, 5) is 17.4. The lowest BCUT2D eigenvalue weighted by Crippen LogP contribution is -2.52. The molecule has 4 rings (SSSR count). The summed E-state index contributed by atoms with van der Waals surface area (Å²) in [7, 11) is -1.02. The Hall–Kier alpha value is -3.56. The van der Waals surface area contributed by atoms with Gasteiger partial charge in [-0.1, -0.05) is 48.5 Å². The molecule has 1 fully saturated rings. The van der Waals surface area contributed by atoms with Crippen LogP contribution in [0.3, 0.4) is 0 Å². The second-order valence-corrected chi connectivity index (χ2v) is 10.7. The SMILES string of the molecule is COc1ccc(S(=O)(=O)N(CCc2ccccc2)CC(=O)N2CCN(c3ccccc3)CC2)cc1OC. The van der Waals surface area contributed by atoms with Crippen LogP contribution < -0.4 is 14.4 Å². The number of carbonyl (C=O) groups is 1. The van der Waals surface area contributed by atoms with Gasteiger partial charge in [0.1, 0.15) is 0 Å². The van der Waals surface area contributed by atoms with E-state index in [4.69, 9.17) is 9.47 Å². The number of hydrogen-bond acceptors (Lipinski definition) is 6. The smallest absolute Gasteiger partial charge is 0.243 e. The number of rotatable bonds is 10. The number of piperazine rings is 1. The van der Waals surface area contributed by atoms with Crippen molar-refractivity contribution in [3.8, 4) is 11.5 Å². The van der Waals surface area contributed by atoms with Crippen molar-refractivity contribution in [1.29, 1.82) is 0 Å². The maximum absolute atomic E-state index is 13.7. The Morgan fingerprint density at radius 3 is 2.08 bits per heavy atom. The van der Waals surface area contributed by atoms with Crippen LogP contribution in [0.4, 0.5) is 5.69 Å². The molecule has 0 spiro atoms. The van der Waals surface area contributed by atoms with Gasteiger partial charge in [-0.25, -0.2) is 8.42 Å². The van der Waals surface area contributed by atoms with E-state index in [-0.39, 0.29) is 23.9 Å². The van der Waals surface area contributed by atoms with E-state index >= 15 is 0 Å². The van der Waals surface area contributed by atoms with Crippen molar-refractivity contribution in [2.45, 2.75) is 11.3 Å². The number of amides is 1. The molecule has 0 saturated carbocycles. The zero-order valence-corrected chi connectivity index (χ0v) is 22.1. The first-order valence-electron chi connectivity index (χ1n) is 12.3. The van der Waals surface area contributed by atoms with Gasteiger partial charge in [-0.15, -0.1) is 0 Å². The van der Waals surface area contributed by atoms with Gasteiger partial charge in [0.05, 0.1) is 25.7 Å². The molecular weight excluding hydrogens is 490 g/mol. The van der Waals surface area contributed by atoms with E-state index in [0.717, 1.165) is 11.3 Å². The molecule has 1 amide bonds. The summed E-state index contributed by atoms with van der Waals surface area (Å²) in [5.74, 6) is 0.546. The summed E-state index contributed by atoms with van der Waals surface area (Å²) in [5, 5.41) is 0.